The number of carbonyl (C=O) groups excluding carboxylic acids is 1. The summed E-state index contributed by atoms with van der Waals surface area (Å²) in [5.41, 5.74) is -1.38. The molecule has 1 rings (SSSR count). The molecule has 0 radical (unpaired) electrons. The van der Waals surface area contributed by atoms with Crippen molar-refractivity contribution in [3.63, 3.8) is 0 Å². The first kappa shape index (κ1) is 12.0. The number of hydrogen-bond donors (Lipinski definition) is 1. The van der Waals surface area contributed by atoms with Crippen LogP contribution in [0.2, 0.25) is 0 Å². The van der Waals surface area contributed by atoms with Crippen LogP contribution in [-0.2, 0) is 19.1 Å². The molecule has 1 aliphatic heterocycles. The first-order valence-corrected chi connectivity index (χ1v) is 5.12. The van der Waals surface area contributed by atoms with Gasteiger partial charge in [0.15, 0.2) is 5.41 Å². The van der Waals surface area contributed by atoms with Gasteiger partial charge >= 0.3 is 11.9 Å². The van der Waals surface area contributed by atoms with Gasteiger partial charge in [0.25, 0.3) is 0 Å². The molecule has 0 aromatic carbocycles. The maximum Gasteiger partial charge on any atom is 0.323 e. The van der Waals surface area contributed by atoms with Gasteiger partial charge in [-0.2, -0.15) is 0 Å². The van der Waals surface area contributed by atoms with E-state index in [0.29, 0.717) is 19.6 Å². The zero-order valence-corrected chi connectivity index (χ0v) is 8.82. The van der Waals surface area contributed by atoms with Gasteiger partial charge in [0.1, 0.15) is 0 Å². The number of carboxylic acid groups (broad SMARTS) is 1. The molecule has 5 heteroatoms. The highest BCUT2D eigenvalue weighted by atomic mass is 16.5. The Kier molecular flexibility index (Phi) is 4.08. The molecule has 1 N–H and O–H groups in total. The number of carbonyl (C=O) groups is 2. The Morgan fingerprint density at radius 2 is 2.00 bits per heavy atom. The average molecular weight is 216 g/mol. The molecule has 0 atom stereocenters. The van der Waals surface area contributed by atoms with Gasteiger partial charge in [-0.15, -0.1) is 0 Å². The lowest BCUT2D eigenvalue weighted by molar-refractivity contribution is -0.175. The summed E-state index contributed by atoms with van der Waals surface area (Å²) in [6.07, 6.45) is 1.09. The zero-order valence-electron chi connectivity index (χ0n) is 8.82. The Morgan fingerprint density at radius 1 is 1.40 bits per heavy atom. The normalized spacial score (nSPS) is 19.5. The summed E-state index contributed by atoms with van der Waals surface area (Å²) < 4.78 is 9.98. The molecule has 86 valence electrons. The van der Waals surface area contributed by atoms with Crippen LogP contribution in [0.25, 0.3) is 0 Å². The first-order chi connectivity index (χ1) is 7.13. The molecule has 1 aliphatic rings. The minimum atomic E-state index is -1.38. The molecule has 0 spiro atoms. The molecule has 0 amide bonds. The van der Waals surface area contributed by atoms with Crippen molar-refractivity contribution in [2.24, 2.45) is 5.41 Å². The molecule has 0 unspecified atom stereocenters. The van der Waals surface area contributed by atoms with Crippen molar-refractivity contribution in [2.45, 2.75) is 26.2 Å². The van der Waals surface area contributed by atoms with Crippen LogP contribution in [0.3, 0.4) is 0 Å². The predicted molar refractivity (Wildman–Crippen MR) is 51.4 cm³/mol. The molecular formula is C10H16O5. The summed E-state index contributed by atoms with van der Waals surface area (Å²) in [5.74, 6) is -1.73. The molecule has 0 aromatic heterocycles. The minimum absolute atomic E-state index is 0.199. The number of hydrogen-bond acceptors (Lipinski definition) is 4. The van der Waals surface area contributed by atoms with Gasteiger partial charge < -0.3 is 14.6 Å². The van der Waals surface area contributed by atoms with Crippen molar-refractivity contribution in [1.29, 1.82) is 0 Å². The minimum Gasteiger partial charge on any atom is -0.480 e. The van der Waals surface area contributed by atoms with Gasteiger partial charge in [0, 0.05) is 13.2 Å². The lowest BCUT2D eigenvalue weighted by Gasteiger charge is -2.30. The molecular weight excluding hydrogens is 200 g/mol. The van der Waals surface area contributed by atoms with Crippen LogP contribution in [0.15, 0.2) is 0 Å². The summed E-state index contributed by atoms with van der Waals surface area (Å²) in [7, 11) is 0. The van der Waals surface area contributed by atoms with Crippen LogP contribution in [0.5, 0.6) is 0 Å². The number of esters is 1. The summed E-state index contributed by atoms with van der Waals surface area (Å²) in [6.45, 7) is 2.74. The third-order valence-corrected chi connectivity index (χ3v) is 2.58. The quantitative estimate of drug-likeness (QED) is 0.556. The largest absolute Gasteiger partial charge is 0.480 e. The summed E-state index contributed by atoms with van der Waals surface area (Å²) in [6, 6.07) is 0. The van der Waals surface area contributed by atoms with Gasteiger partial charge in [0.2, 0.25) is 0 Å². The maximum absolute atomic E-state index is 11.7. The van der Waals surface area contributed by atoms with E-state index in [9.17, 15) is 9.59 Å². The highest BCUT2D eigenvalue weighted by molar-refractivity contribution is 5.99. The average Bonchev–Trinajstić information content (AvgIpc) is 2.26. The first-order valence-electron chi connectivity index (χ1n) is 5.12. The molecule has 0 saturated carbocycles. The second-order valence-corrected chi connectivity index (χ2v) is 3.64. The molecule has 1 heterocycles. The number of rotatable bonds is 4. The molecule has 1 fully saturated rings. The van der Waals surface area contributed by atoms with Crippen molar-refractivity contribution in [3.05, 3.63) is 0 Å². The van der Waals surface area contributed by atoms with Crippen LogP contribution < -0.4 is 0 Å². The highest BCUT2D eigenvalue weighted by Crippen LogP contribution is 2.32. The van der Waals surface area contributed by atoms with Crippen LogP contribution >= 0.6 is 0 Å². The van der Waals surface area contributed by atoms with Crippen molar-refractivity contribution >= 4 is 11.9 Å². The highest BCUT2D eigenvalue weighted by Gasteiger charge is 2.48. The van der Waals surface area contributed by atoms with E-state index in [-0.39, 0.29) is 19.4 Å². The Labute approximate surface area is 88.4 Å². The van der Waals surface area contributed by atoms with Crippen LogP contribution in [0.4, 0.5) is 0 Å². The topological polar surface area (TPSA) is 72.8 Å². The number of aliphatic carboxylic acids is 1. The van der Waals surface area contributed by atoms with Gasteiger partial charge in [-0.25, -0.2) is 0 Å². The van der Waals surface area contributed by atoms with Crippen molar-refractivity contribution < 1.29 is 24.2 Å². The van der Waals surface area contributed by atoms with E-state index in [1.807, 2.05) is 6.92 Å². The van der Waals surface area contributed by atoms with E-state index in [1.165, 1.54) is 0 Å². The fourth-order valence-electron chi connectivity index (χ4n) is 1.56. The van der Waals surface area contributed by atoms with E-state index in [2.05, 4.69) is 0 Å². The zero-order chi connectivity index (χ0) is 11.3. The van der Waals surface area contributed by atoms with E-state index in [0.717, 1.165) is 0 Å². The molecule has 0 aliphatic carbocycles. The lowest BCUT2D eigenvalue weighted by atomic mass is 9.80. The Morgan fingerprint density at radius 3 is 2.47 bits per heavy atom. The second-order valence-electron chi connectivity index (χ2n) is 3.64. The van der Waals surface area contributed by atoms with Gasteiger partial charge in [-0.05, 0) is 19.3 Å². The SMILES string of the molecule is CCCOC(=O)C1(C(=O)O)CCOCC1. The van der Waals surface area contributed by atoms with E-state index < -0.39 is 17.4 Å². The van der Waals surface area contributed by atoms with Crippen LogP contribution in [0, 0.1) is 5.41 Å². The molecule has 5 nitrogen and oxygen atoms in total. The van der Waals surface area contributed by atoms with Crippen molar-refractivity contribution in [2.75, 3.05) is 19.8 Å². The third kappa shape index (κ3) is 2.47. The second kappa shape index (κ2) is 5.11. The number of ether oxygens (including phenoxy) is 2. The molecule has 0 aromatic rings. The maximum atomic E-state index is 11.7. The smallest absolute Gasteiger partial charge is 0.323 e. The lowest BCUT2D eigenvalue weighted by Crippen LogP contribution is -2.45. The van der Waals surface area contributed by atoms with E-state index >= 15 is 0 Å². The number of carboxylic acids is 1. The van der Waals surface area contributed by atoms with Crippen molar-refractivity contribution in [3.8, 4) is 0 Å². The standard InChI is InChI=1S/C10H16O5/c1-2-5-15-9(13)10(8(11)12)3-6-14-7-4-10/h2-7H2,1H3,(H,11,12). The molecule has 15 heavy (non-hydrogen) atoms. The van der Waals surface area contributed by atoms with Crippen molar-refractivity contribution in [1.82, 2.24) is 0 Å². The fourth-order valence-corrected chi connectivity index (χ4v) is 1.56. The third-order valence-electron chi connectivity index (χ3n) is 2.58. The Hall–Kier alpha value is -1.10. The van der Waals surface area contributed by atoms with Gasteiger partial charge in [-0.1, -0.05) is 6.92 Å². The molecule has 1 saturated heterocycles. The van der Waals surface area contributed by atoms with Crippen LogP contribution in [0.1, 0.15) is 26.2 Å². The summed E-state index contributed by atoms with van der Waals surface area (Å²) in [5, 5.41) is 9.10. The summed E-state index contributed by atoms with van der Waals surface area (Å²) in [4.78, 5) is 22.8. The monoisotopic (exact) mass is 216 g/mol. The summed E-state index contributed by atoms with van der Waals surface area (Å²) >= 11 is 0. The Balaban J connectivity index is 2.71. The van der Waals surface area contributed by atoms with E-state index in [4.69, 9.17) is 14.6 Å². The molecule has 0 bridgehead atoms. The van der Waals surface area contributed by atoms with E-state index in [1.54, 1.807) is 0 Å². The fraction of sp³-hybridized carbons (Fsp3) is 0.800. The Bertz CT molecular complexity index is 242. The van der Waals surface area contributed by atoms with Crippen LogP contribution in [-0.4, -0.2) is 36.9 Å². The van der Waals surface area contributed by atoms with Gasteiger partial charge in [-0.3, -0.25) is 9.59 Å². The predicted octanol–water partition coefficient (Wildman–Crippen LogP) is 0.821. The van der Waals surface area contributed by atoms with Gasteiger partial charge in [0.05, 0.1) is 6.61 Å².